The van der Waals surface area contributed by atoms with Gasteiger partial charge in [0.25, 0.3) is 0 Å². The summed E-state index contributed by atoms with van der Waals surface area (Å²) in [5, 5.41) is 9.04. The van der Waals surface area contributed by atoms with E-state index in [1.807, 2.05) is 31.2 Å². The predicted molar refractivity (Wildman–Crippen MR) is 93.3 cm³/mol. The van der Waals surface area contributed by atoms with Crippen molar-refractivity contribution in [3.8, 4) is 0 Å². The molecule has 26 heavy (non-hydrogen) atoms. The van der Waals surface area contributed by atoms with Crippen molar-refractivity contribution in [1.29, 1.82) is 0 Å². The Kier molecular flexibility index (Phi) is 5.56. The molecule has 1 N–H and O–H groups in total. The number of hydrogen-bond acceptors (Lipinski definition) is 4. The number of amides is 2. The Bertz CT molecular complexity index is 688. The smallest absolute Gasteiger partial charge is 0.305 e. The van der Waals surface area contributed by atoms with E-state index < -0.39 is 17.9 Å². The molecular formula is C19H24N2O5. The summed E-state index contributed by atoms with van der Waals surface area (Å²) in [4.78, 5) is 39.5. The molecule has 0 spiro atoms. The molecule has 2 unspecified atom stereocenters. The van der Waals surface area contributed by atoms with Crippen LogP contribution in [0, 0.1) is 12.8 Å². The third-order valence-corrected chi connectivity index (χ3v) is 4.98. The second kappa shape index (κ2) is 7.86. The lowest BCUT2D eigenvalue weighted by Crippen LogP contribution is -2.51. The first-order chi connectivity index (χ1) is 12.4. The Hall–Kier alpha value is -2.41. The average Bonchev–Trinajstić information content (AvgIpc) is 2.97. The Morgan fingerprint density at radius 3 is 2.69 bits per heavy atom. The number of aliphatic carboxylic acids is 1. The molecule has 0 saturated carbocycles. The van der Waals surface area contributed by atoms with Gasteiger partial charge in [-0.15, -0.1) is 0 Å². The van der Waals surface area contributed by atoms with Crippen LogP contribution in [0.2, 0.25) is 0 Å². The monoisotopic (exact) mass is 360 g/mol. The molecule has 2 fully saturated rings. The summed E-state index contributed by atoms with van der Waals surface area (Å²) < 4.78 is 5.32. The fourth-order valence-corrected chi connectivity index (χ4v) is 3.55. The van der Waals surface area contributed by atoms with Crippen LogP contribution in [0.4, 0.5) is 0 Å². The first kappa shape index (κ1) is 18.4. The van der Waals surface area contributed by atoms with Gasteiger partial charge in [0.2, 0.25) is 11.8 Å². The van der Waals surface area contributed by atoms with Gasteiger partial charge >= 0.3 is 5.97 Å². The van der Waals surface area contributed by atoms with Gasteiger partial charge in [0.05, 0.1) is 31.6 Å². The maximum absolute atomic E-state index is 12.9. The number of aryl methyl sites for hydroxylation is 1. The number of morpholine rings is 1. The molecule has 2 atom stereocenters. The molecule has 140 valence electrons. The van der Waals surface area contributed by atoms with Crippen molar-refractivity contribution in [2.75, 3.05) is 26.3 Å². The molecule has 3 rings (SSSR count). The minimum atomic E-state index is -0.957. The van der Waals surface area contributed by atoms with E-state index in [1.165, 1.54) is 0 Å². The van der Waals surface area contributed by atoms with Gasteiger partial charge in [-0.2, -0.15) is 0 Å². The van der Waals surface area contributed by atoms with E-state index in [4.69, 9.17) is 9.84 Å². The summed E-state index contributed by atoms with van der Waals surface area (Å²) in [6.07, 6.45) is 0.0430. The van der Waals surface area contributed by atoms with Crippen molar-refractivity contribution < 1.29 is 24.2 Å². The molecule has 1 aromatic carbocycles. The van der Waals surface area contributed by atoms with Gasteiger partial charge in [0, 0.05) is 26.1 Å². The third kappa shape index (κ3) is 4.22. The van der Waals surface area contributed by atoms with Crippen LogP contribution in [0.5, 0.6) is 0 Å². The lowest BCUT2D eigenvalue weighted by atomic mass is 10.0. The Labute approximate surface area is 152 Å². The van der Waals surface area contributed by atoms with Crippen molar-refractivity contribution in [2.45, 2.75) is 32.4 Å². The maximum Gasteiger partial charge on any atom is 0.305 e. The molecule has 7 nitrogen and oxygen atoms in total. The van der Waals surface area contributed by atoms with E-state index in [0.29, 0.717) is 26.2 Å². The zero-order chi connectivity index (χ0) is 18.7. The lowest BCUT2D eigenvalue weighted by Gasteiger charge is -2.36. The molecule has 2 heterocycles. The number of carboxylic acid groups (broad SMARTS) is 1. The highest BCUT2D eigenvalue weighted by molar-refractivity contribution is 5.89. The van der Waals surface area contributed by atoms with E-state index in [0.717, 1.165) is 11.1 Å². The topological polar surface area (TPSA) is 87.2 Å². The van der Waals surface area contributed by atoms with E-state index in [9.17, 15) is 14.4 Å². The van der Waals surface area contributed by atoms with Crippen molar-refractivity contribution in [3.05, 3.63) is 35.4 Å². The van der Waals surface area contributed by atoms with E-state index in [2.05, 4.69) is 0 Å². The highest BCUT2D eigenvalue weighted by Crippen LogP contribution is 2.24. The van der Waals surface area contributed by atoms with Crippen molar-refractivity contribution >= 4 is 17.8 Å². The molecule has 0 aromatic heterocycles. The zero-order valence-electron chi connectivity index (χ0n) is 14.9. The number of benzene rings is 1. The van der Waals surface area contributed by atoms with Crippen molar-refractivity contribution in [2.24, 2.45) is 5.92 Å². The van der Waals surface area contributed by atoms with Crippen LogP contribution in [0.25, 0.3) is 0 Å². The van der Waals surface area contributed by atoms with E-state index >= 15 is 0 Å². The van der Waals surface area contributed by atoms with Gasteiger partial charge in [-0.3, -0.25) is 14.4 Å². The second-order valence-corrected chi connectivity index (χ2v) is 7.02. The molecule has 0 radical (unpaired) electrons. The second-order valence-electron chi connectivity index (χ2n) is 7.02. The lowest BCUT2D eigenvalue weighted by molar-refractivity contribution is -0.149. The fraction of sp³-hybridized carbons (Fsp3) is 0.526. The van der Waals surface area contributed by atoms with Gasteiger partial charge < -0.3 is 19.6 Å². The average molecular weight is 360 g/mol. The summed E-state index contributed by atoms with van der Waals surface area (Å²) >= 11 is 0. The normalized spacial score (nSPS) is 23.3. The predicted octanol–water partition coefficient (Wildman–Crippen LogP) is 1.05. The number of rotatable bonds is 5. The van der Waals surface area contributed by atoms with Crippen LogP contribution < -0.4 is 0 Å². The number of carboxylic acids is 1. The molecular weight excluding hydrogens is 336 g/mol. The quantitative estimate of drug-likeness (QED) is 0.848. The number of nitrogens with zero attached hydrogens (tertiary/aromatic N) is 2. The van der Waals surface area contributed by atoms with Gasteiger partial charge in [-0.05, 0) is 12.5 Å². The first-order valence-electron chi connectivity index (χ1n) is 8.87. The molecule has 7 heteroatoms. The van der Waals surface area contributed by atoms with Crippen LogP contribution in [-0.4, -0.2) is 65.0 Å². The van der Waals surface area contributed by atoms with Crippen LogP contribution in [-0.2, 0) is 25.7 Å². The molecule has 2 aliphatic heterocycles. The highest BCUT2D eigenvalue weighted by atomic mass is 16.5. The molecule has 0 bridgehead atoms. The summed E-state index contributed by atoms with van der Waals surface area (Å²) in [5.74, 6) is -1.55. The SMILES string of the molecule is Cc1ccc(CN2CC(C(=O)N3CCOCC3CC(=O)O)CC2=O)cc1. The Morgan fingerprint density at radius 1 is 1.27 bits per heavy atom. The van der Waals surface area contributed by atoms with Crippen molar-refractivity contribution in [3.63, 3.8) is 0 Å². The largest absolute Gasteiger partial charge is 0.481 e. The molecule has 2 saturated heterocycles. The van der Waals surface area contributed by atoms with E-state index in [1.54, 1.807) is 9.80 Å². The first-order valence-corrected chi connectivity index (χ1v) is 8.87. The number of ether oxygens (including phenoxy) is 1. The third-order valence-electron chi connectivity index (χ3n) is 4.98. The minimum Gasteiger partial charge on any atom is -0.481 e. The van der Waals surface area contributed by atoms with Gasteiger partial charge in [0.15, 0.2) is 0 Å². The number of hydrogen-bond donors (Lipinski definition) is 1. The molecule has 2 aliphatic rings. The Balaban J connectivity index is 1.64. The van der Waals surface area contributed by atoms with Crippen LogP contribution in [0.1, 0.15) is 24.0 Å². The van der Waals surface area contributed by atoms with Crippen LogP contribution >= 0.6 is 0 Å². The van der Waals surface area contributed by atoms with Gasteiger partial charge in [0.1, 0.15) is 0 Å². The van der Waals surface area contributed by atoms with Gasteiger partial charge in [-0.1, -0.05) is 29.8 Å². The van der Waals surface area contributed by atoms with Crippen LogP contribution in [0.3, 0.4) is 0 Å². The van der Waals surface area contributed by atoms with Gasteiger partial charge in [-0.25, -0.2) is 0 Å². The number of likely N-dealkylation sites (tertiary alicyclic amines) is 1. The molecule has 2 amide bonds. The Morgan fingerprint density at radius 2 is 2.00 bits per heavy atom. The number of carbonyl (C=O) groups is 3. The molecule has 1 aromatic rings. The fourth-order valence-electron chi connectivity index (χ4n) is 3.55. The summed E-state index contributed by atoms with van der Waals surface area (Å²) in [5.41, 5.74) is 2.19. The maximum atomic E-state index is 12.9. The standard InChI is InChI=1S/C19H24N2O5/c1-13-2-4-14(5-3-13)10-20-11-15(8-17(20)22)19(25)21-6-7-26-12-16(21)9-18(23)24/h2-5,15-16H,6-12H2,1H3,(H,23,24). The zero-order valence-corrected chi connectivity index (χ0v) is 14.9. The summed E-state index contributed by atoms with van der Waals surface area (Å²) in [7, 11) is 0. The van der Waals surface area contributed by atoms with Crippen LogP contribution in [0.15, 0.2) is 24.3 Å². The highest BCUT2D eigenvalue weighted by Gasteiger charge is 2.39. The minimum absolute atomic E-state index is 0.0352. The number of carbonyl (C=O) groups excluding carboxylic acids is 2. The summed E-state index contributed by atoms with van der Waals surface area (Å²) in [6, 6.07) is 7.52. The molecule has 0 aliphatic carbocycles. The van der Waals surface area contributed by atoms with Crippen molar-refractivity contribution in [1.82, 2.24) is 9.80 Å². The van der Waals surface area contributed by atoms with E-state index in [-0.39, 0.29) is 31.3 Å². The summed E-state index contributed by atoms with van der Waals surface area (Å²) in [6.45, 7) is 3.88.